The van der Waals surface area contributed by atoms with E-state index in [1.54, 1.807) is 19.2 Å². The molecule has 0 amide bonds. The Morgan fingerprint density at radius 2 is 2.20 bits per heavy atom. The summed E-state index contributed by atoms with van der Waals surface area (Å²) in [6.45, 7) is 1.78. The number of hydrogen-bond donors (Lipinski definition) is 1. The van der Waals surface area contributed by atoms with Gasteiger partial charge in [-0.15, -0.1) is 0 Å². The van der Waals surface area contributed by atoms with Gasteiger partial charge in [-0.25, -0.2) is 9.37 Å². The molecule has 6 heteroatoms. The molecule has 0 aliphatic carbocycles. The Bertz CT molecular complexity index is 557. The first-order chi connectivity index (χ1) is 9.74. The van der Waals surface area contributed by atoms with Crippen LogP contribution in [0.1, 0.15) is 5.89 Å². The average Bonchev–Trinajstić information content (AvgIpc) is 2.92. The Kier molecular flexibility index (Phi) is 5.09. The molecule has 0 radical (unpaired) electrons. The summed E-state index contributed by atoms with van der Waals surface area (Å²) in [5.74, 6) is 0.964. The minimum atomic E-state index is -0.403. The van der Waals surface area contributed by atoms with Gasteiger partial charge in [0.15, 0.2) is 5.76 Å². The van der Waals surface area contributed by atoms with Gasteiger partial charge in [0.1, 0.15) is 11.6 Å². The minimum absolute atomic E-state index is 0.362. The second kappa shape index (κ2) is 7.02. The Hall–Kier alpha value is -1.92. The number of oxazole rings is 1. The van der Waals surface area contributed by atoms with Crippen LogP contribution in [-0.2, 0) is 11.3 Å². The summed E-state index contributed by atoms with van der Waals surface area (Å²) in [4.78, 5) is 4.11. The topological polar surface area (TPSA) is 56.5 Å². The first kappa shape index (κ1) is 14.5. The van der Waals surface area contributed by atoms with Gasteiger partial charge in [-0.1, -0.05) is 0 Å². The quantitative estimate of drug-likeness (QED) is 0.788. The average molecular weight is 280 g/mol. The van der Waals surface area contributed by atoms with Crippen LogP contribution in [0.15, 0.2) is 28.8 Å². The van der Waals surface area contributed by atoms with Gasteiger partial charge >= 0.3 is 0 Å². The van der Waals surface area contributed by atoms with Crippen LogP contribution >= 0.6 is 0 Å². The molecule has 0 bridgehead atoms. The van der Waals surface area contributed by atoms with Crippen LogP contribution < -0.4 is 10.1 Å². The maximum Gasteiger partial charge on any atom is 0.208 e. The van der Waals surface area contributed by atoms with E-state index >= 15 is 0 Å². The van der Waals surface area contributed by atoms with E-state index in [0.29, 0.717) is 42.7 Å². The molecular formula is C14H17FN2O3. The molecule has 0 unspecified atom stereocenters. The molecule has 2 aromatic rings. The number of rotatable bonds is 7. The number of aromatic nitrogens is 1. The molecule has 2 rings (SSSR count). The molecule has 108 valence electrons. The van der Waals surface area contributed by atoms with Crippen LogP contribution in [0.3, 0.4) is 0 Å². The van der Waals surface area contributed by atoms with Crippen molar-refractivity contribution in [1.82, 2.24) is 10.3 Å². The Balaban J connectivity index is 2.04. The fraction of sp³-hybridized carbons (Fsp3) is 0.357. The molecule has 0 spiro atoms. The normalized spacial score (nSPS) is 10.8. The zero-order valence-corrected chi connectivity index (χ0v) is 11.5. The molecule has 1 aromatic carbocycles. The van der Waals surface area contributed by atoms with Gasteiger partial charge in [0, 0.05) is 19.7 Å². The van der Waals surface area contributed by atoms with E-state index in [1.807, 2.05) is 0 Å². The molecule has 0 aliphatic rings. The third-order valence-electron chi connectivity index (χ3n) is 2.75. The van der Waals surface area contributed by atoms with Crippen LogP contribution in [-0.4, -0.2) is 32.4 Å². The summed E-state index contributed by atoms with van der Waals surface area (Å²) in [5.41, 5.74) is 0.362. The van der Waals surface area contributed by atoms with Crippen LogP contribution in [0.5, 0.6) is 5.75 Å². The number of ether oxygens (including phenoxy) is 2. The number of nitrogens with zero attached hydrogens (tertiary/aromatic N) is 1. The van der Waals surface area contributed by atoms with Gasteiger partial charge in [-0.05, 0) is 12.1 Å². The van der Waals surface area contributed by atoms with Crippen molar-refractivity contribution in [2.45, 2.75) is 6.54 Å². The highest BCUT2D eigenvalue weighted by atomic mass is 19.1. The highest BCUT2D eigenvalue weighted by Gasteiger charge is 2.11. The van der Waals surface area contributed by atoms with E-state index in [9.17, 15) is 4.39 Å². The summed E-state index contributed by atoms with van der Waals surface area (Å²) in [5, 5.41) is 3.11. The van der Waals surface area contributed by atoms with E-state index in [4.69, 9.17) is 13.9 Å². The number of benzene rings is 1. The molecule has 0 fully saturated rings. The van der Waals surface area contributed by atoms with Crippen molar-refractivity contribution in [2.75, 3.05) is 27.4 Å². The van der Waals surface area contributed by atoms with E-state index in [2.05, 4.69) is 10.3 Å². The van der Waals surface area contributed by atoms with E-state index < -0.39 is 5.82 Å². The summed E-state index contributed by atoms with van der Waals surface area (Å²) < 4.78 is 29.3. The minimum Gasteiger partial charge on any atom is -0.497 e. The highest BCUT2D eigenvalue weighted by molar-refractivity contribution is 5.58. The van der Waals surface area contributed by atoms with Crippen LogP contribution in [0.2, 0.25) is 0 Å². The molecule has 0 atom stereocenters. The third kappa shape index (κ3) is 3.55. The summed E-state index contributed by atoms with van der Waals surface area (Å²) >= 11 is 0. The third-order valence-corrected chi connectivity index (χ3v) is 2.75. The van der Waals surface area contributed by atoms with Crippen molar-refractivity contribution in [3.8, 4) is 17.1 Å². The molecule has 0 saturated heterocycles. The number of hydrogen-bond acceptors (Lipinski definition) is 5. The Morgan fingerprint density at radius 3 is 2.90 bits per heavy atom. The number of halogens is 1. The van der Waals surface area contributed by atoms with E-state index in [0.717, 1.165) is 0 Å². The predicted molar refractivity (Wildman–Crippen MR) is 72.0 cm³/mol. The van der Waals surface area contributed by atoms with E-state index in [1.165, 1.54) is 19.4 Å². The maximum atomic E-state index is 13.9. The van der Waals surface area contributed by atoms with Gasteiger partial charge in [0.2, 0.25) is 5.89 Å². The summed E-state index contributed by atoms with van der Waals surface area (Å²) in [7, 11) is 3.13. The van der Waals surface area contributed by atoms with Gasteiger partial charge in [0.25, 0.3) is 0 Å². The van der Waals surface area contributed by atoms with Gasteiger partial charge in [0.05, 0.1) is 32.0 Å². The molecular weight excluding hydrogens is 263 g/mol. The van der Waals surface area contributed by atoms with Crippen LogP contribution in [0, 0.1) is 5.82 Å². The molecule has 1 aromatic heterocycles. The van der Waals surface area contributed by atoms with Gasteiger partial charge in [-0.2, -0.15) is 0 Å². The van der Waals surface area contributed by atoms with Gasteiger partial charge < -0.3 is 19.2 Å². The smallest absolute Gasteiger partial charge is 0.208 e. The first-order valence-electron chi connectivity index (χ1n) is 6.23. The van der Waals surface area contributed by atoms with E-state index in [-0.39, 0.29) is 0 Å². The second-order valence-corrected chi connectivity index (χ2v) is 4.13. The lowest BCUT2D eigenvalue weighted by molar-refractivity contribution is 0.198. The summed E-state index contributed by atoms with van der Waals surface area (Å²) in [6, 6.07) is 4.60. The summed E-state index contributed by atoms with van der Waals surface area (Å²) in [6.07, 6.45) is 1.51. The van der Waals surface area contributed by atoms with Crippen molar-refractivity contribution >= 4 is 0 Å². The van der Waals surface area contributed by atoms with Crippen molar-refractivity contribution in [2.24, 2.45) is 0 Å². The largest absolute Gasteiger partial charge is 0.497 e. The molecule has 5 nitrogen and oxygen atoms in total. The predicted octanol–water partition coefficient (Wildman–Crippen LogP) is 2.23. The maximum absolute atomic E-state index is 13.9. The lowest BCUT2D eigenvalue weighted by Crippen LogP contribution is -2.18. The Morgan fingerprint density at radius 1 is 1.35 bits per heavy atom. The van der Waals surface area contributed by atoms with Crippen LogP contribution in [0.25, 0.3) is 11.3 Å². The fourth-order valence-corrected chi connectivity index (χ4v) is 1.71. The second-order valence-electron chi connectivity index (χ2n) is 4.13. The van der Waals surface area contributed by atoms with Crippen molar-refractivity contribution in [3.05, 3.63) is 36.1 Å². The first-order valence-corrected chi connectivity index (χ1v) is 6.23. The molecule has 0 saturated carbocycles. The number of nitrogens with one attached hydrogen (secondary N) is 1. The zero-order valence-electron chi connectivity index (χ0n) is 11.5. The monoisotopic (exact) mass is 280 g/mol. The van der Waals surface area contributed by atoms with Crippen LogP contribution in [0.4, 0.5) is 4.39 Å². The van der Waals surface area contributed by atoms with Crippen molar-refractivity contribution < 1.29 is 18.3 Å². The highest BCUT2D eigenvalue weighted by Crippen LogP contribution is 2.26. The van der Waals surface area contributed by atoms with Crippen molar-refractivity contribution in [1.29, 1.82) is 0 Å². The molecule has 1 N–H and O–H groups in total. The van der Waals surface area contributed by atoms with Gasteiger partial charge in [-0.3, -0.25) is 0 Å². The molecule has 1 heterocycles. The standard InChI is InChI=1S/C14H17FN2O3/c1-18-6-5-16-9-14-17-8-13(20-14)11-4-3-10(19-2)7-12(11)15/h3-4,7-8,16H,5-6,9H2,1-2H3. The lowest BCUT2D eigenvalue weighted by Gasteiger charge is -2.03. The molecule has 20 heavy (non-hydrogen) atoms. The SMILES string of the molecule is COCCNCc1ncc(-c2ccc(OC)cc2F)o1. The zero-order chi connectivity index (χ0) is 14.4. The lowest BCUT2D eigenvalue weighted by atomic mass is 10.1. The number of methoxy groups -OCH3 is 2. The Labute approximate surface area is 116 Å². The molecule has 0 aliphatic heterocycles. The fourth-order valence-electron chi connectivity index (χ4n) is 1.71. The van der Waals surface area contributed by atoms with Crippen molar-refractivity contribution in [3.63, 3.8) is 0 Å².